The van der Waals surface area contributed by atoms with Crippen LogP contribution in [0.3, 0.4) is 0 Å². The number of aliphatic imine (C=N–C) groups is 1. The normalized spacial score (nSPS) is 30.1. The SMILES string of the molecule is CCN=C(NC1CCN(CCCOC)CC1)NC1CC(C)(OC)C1(C)C. The molecule has 0 aromatic heterocycles. The van der Waals surface area contributed by atoms with Crippen LogP contribution in [-0.2, 0) is 9.47 Å². The molecule has 0 aromatic rings. The molecule has 1 saturated carbocycles. The van der Waals surface area contributed by atoms with Gasteiger partial charge in [-0.1, -0.05) is 13.8 Å². The van der Waals surface area contributed by atoms with Crippen LogP contribution in [0.1, 0.15) is 53.4 Å². The molecular weight excluding hydrogens is 328 g/mol. The van der Waals surface area contributed by atoms with E-state index in [4.69, 9.17) is 9.47 Å². The molecule has 0 bridgehead atoms. The summed E-state index contributed by atoms with van der Waals surface area (Å²) in [6, 6.07) is 0.892. The number of rotatable bonds is 8. The quantitative estimate of drug-likeness (QED) is 0.391. The Bertz CT molecular complexity index is 461. The lowest BCUT2D eigenvalue weighted by Gasteiger charge is -2.59. The molecule has 152 valence electrons. The van der Waals surface area contributed by atoms with Crippen molar-refractivity contribution in [2.45, 2.75) is 71.1 Å². The van der Waals surface area contributed by atoms with Crippen LogP contribution in [0.25, 0.3) is 0 Å². The molecule has 2 fully saturated rings. The van der Waals surface area contributed by atoms with Gasteiger partial charge in [0.1, 0.15) is 0 Å². The Kier molecular flexibility index (Phi) is 7.74. The van der Waals surface area contributed by atoms with Crippen molar-refractivity contribution in [3.63, 3.8) is 0 Å². The second kappa shape index (κ2) is 9.38. The standard InChI is InChI=1S/C20H40N4O2/c1-7-21-18(23-17-15-20(4,26-6)19(17,2)3)22-16-9-12-24(13-10-16)11-8-14-25-5/h16-17H,7-15H2,1-6H3,(H2,21,22,23). The van der Waals surface area contributed by atoms with Crippen molar-refractivity contribution < 1.29 is 9.47 Å². The Labute approximate surface area is 160 Å². The number of methoxy groups -OCH3 is 2. The molecule has 26 heavy (non-hydrogen) atoms. The second-order valence-corrected chi connectivity index (χ2v) is 8.49. The zero-order chi connectivity index (χ0) is 19.2. The van der Waals surface area contributed by atoms with Gasteiger partial charge in [0.25, 0.3) is 0 Å². The molecule has 0 radical (unpaired) electrons. The van der Waals surface area contributed by atoms with E-state index >= 15 is 0 Å². The van der Waals surface area contributed by atoms with E-state index in [9.17, 15) is 0 Å². The van der Waals surface area contributed by atoms with Crippen LogP contribution < -0.4 is 10.6 Å². The van der Waals surface area contributed by atoms with Gasteiger partial charge in [-0.3, -0.25) is 4.99 Å². The summed E-state index contributed by atoms with van der Waals surface area (Å²) in [4.78, 5) is 7.22. The lowest BCUT2D eigenvalue weighted by atomic mass is 9.56. The van der Waals surface area contributed by atoms with E-state index < -0.39 is 0 Å². The molecule has 2 N–H and O–H groups in total. The summed E-state index contributed by atoms with van der Waals surface area (Å²) in [7, 11) is 3.59. The Morgan fingerprint density at radius 3 is 2.38 bits per heavy atom. The van der Waals surface area contributed by atoms with Gasteiger partial charge in [0.2, 0.25) is 0 Å². The maximum absolute atomic E-state index is 5.75. The Morgan fingerprint density at radius 2 is 1.85 bits per heavy atom. The minimum absolute atomic E-state index is 0.0600. The van der Waals surface area contributed by atoms with Crippen LogP contribution in [0.15, 0.2) is 4.99 Å². The molecule has 0 spiro atoms. The van der Waals surface area contributed by atoms with Crippen LogP contribution in [0.4, 0.5) is 0 Å². The molecule has 0 amide bonds. The number of ether oxygens (including phenoxy) is 2. The van der Waals surface area contributed by atoms with E-state index in [1.54, 1.807) is 7.11 Å². The molecule has 1 aliphatic carbocycles. The lowest BCUT2D eigenvalue weighted by Crippen LogP contribution is -2.70. The van der Waals surface area contributed by atoms with Crippen molar-refractivity contribution in [3.8, 4) is 0 Å². The van der Waals surface area contributed by atoms with Crippen molar-refractivity contribution in [1.29, 1.82) is 0 Å². The van der Waals surface area contributed by atoms with E-state index in [2.05, 4.69) is 48.2 Å². The fourth-order valence-electron chi connectivity index (χ4n) is 4.11. The lowest BCUT2D eigenvalue weighted by molar-refractivity contribution is -0.176. The molecule has 1 heterocycles. The third-order valence-corrected chi connectivity index (χ3v) is 6.66. The van der Waals surface area contributed by atoms with Gasteiger partial charge in [-0.15, -0.1) is 0 Å². The van der Waals surface area contributed by atoms with E-state index in [-0.39, 0.29) is 11.0 Å². The molecule has 1 aliphatic heterocycles. The number of likely N-dealkylation sites (tertiary alicyclic amines) is 1. The van der Waals surface area contributed by atoms with Gasteiger partial charge < -0.3 is 25.0 Å². The molecule has 6 heteroatoms. The zero-order valence-electron chi connectivity index (χ0n) is 17.7. The maximum atomic E-state index is 5.75. The van der Waals surface area contributed by atoms with Gasteiger partial charge in [-0.05, 0) is 39.5 Å². The van der Waals surface area contributed by atoms with Gasteiger partial charge in [0.05, 0.1) is 5.60 Å². The first kappa shape index (κ1) is 21.5. The van der Waals surface area contributed by atoms with Gasteiger partial charge in [-0.2, -0.15) is 0 Å². The topological polar surface area (TPSA) is 58.1 Å². The first-order valence-corrected chi connectivity index (χ1v) is 10.2. The molecule has 0 aromatic carbocycles. The van der Waals surface area contributed by atoms with Crippen molar-refractivity contribution in [1.82, 2.24) is 15.5 Å². The molecule has 2 unspecified atom stereocenters. The van der Waals surface area contributed by atoms with Gasteiger partial charge in [0.15, 0.2) is 5.96 Å². The summed E-state index contributed by atoms with van der Waals surface area (Å²) < 4.78 is 10.9. The van der Waals surface area contributed by atoms with Gasteiger partial charge >= 0.3 is 0 Å². The fourth-order valence-corrected chi connectivity index (χ4v) is 4.11. The van der Waals surface area contributed by atoms with E-state index in [0.717, 1.165) is 51.6 Å². The van der Waals surface area contributed by atoms with Crippen LogP contribution in [0, 0.1) is 5.41 Å². The Morgan fingerprint density at radius 1 is 1.15 bits per heavy atom. The third-order valence-electron chi connectivity index (χ3n) is 6.66. The van der Waals surface area contributed by atoms with Gasteiger partial charge in [-0.25, -0.2) is 0 Å². The molecule has 2 rings (SSSR count). The smallest absolute Gasteiger partial charge is 0.191 e. The first-order valence-electron chi connectivity index (χ1n) is 10.2. The summed E-state index contributed by atoms with van der Waals surface area (Å²) in [6.45, 7) is 13.9. The number of hydrogen-bond donors (Lipinski definition) is 2. The Balaban J connectivity index is 1.80. The largest absolute Gasteiger partial charge is 0.385 e. The molecule has 6 nitrogen and oxygen atoms in total. The average Bonchev–Trinajstić information content (AvgIpc) is 2.63. The van der Waals surface area contributed by atoms with E-state index in [0.29, 0.717) is 12.1 Å². The highest BCUT2D eigenvalue weighted by molar-refractivity contribution is 5.80. The van der Waals surface area contributed by atoms with Gasteiger partial charge in [0, 0.05) is 64.5 Å². The number of nitrogens with one attached hydrogen (secondary N) is 2. The Hall–Kier alpha value is -0.850. The molecule has 2 atom stereocenters. The monoisotopic (exact) mass is 368 g/mol. The summed E-state index contributed by atoms with van der Waals surface area (Å²) >= 11 is 0. The fraction of sp³-hybridized carbons (Fsp3) is 0.950. The molecular formula is C20H40N4O2. The van der Waals surface area contributed by atoms with Crippen LogP contribution in [0.5, 0.6) is 0 Å². The van der Waals surface area contributed by atoms with E-state index in [1.165, 1.54) is 12.8 Å². The highest BCUT2D eigenvalue weighted by Gasteiger charge is 2.58. The third kappa shape index (κ3) is 4.90. The molecule has 1 saturated heterocycles. The molecule has 2 aliphatic rings. The zero-order valence-corrected chi connectivity index (χ0v) is 17.7. The summed E-state index contributed by atoms with van der Waals surface area (Å²) in [5.74, 6) is 0.960. The predicted octanol–water partition coefficient (Wildman–Crippen LogP) is 2.25. The minimum atomic E-state index is -0.0600. The summed E-state index contributed by atoms with van der Waals surface area (Å²) in [5.41, 5.74) is 0.0260. The number of nitrogens with zero attached hydrogens (tertiary/aromatic N) is 2. The highest BCUT2D eigenvalue weighted by atomic mass is 16.5. The predicted molar refractivity (Wildman–Crippen MR) is 108 cm³/mol. The van der Waals surface area contributed by atoms with Crippen molar-refractivity contribution in [3.05, 3.63) is 0 Å². The van der Waals surface area contributed by atoms with Crippen LogP contribution in [-0.4, -0.2) is 75.5 Å². The van der Waals surface area contributed by atoms with Crippen LogP contribution >= 0.6 is 0 Å². The highest BCUT2D eigenvalue weighted by Crippen LogP contribution is 2.51. The second-order valence-electron chi connectivity index (χ2n) is 8.49. The van der Waals surface area contributed by atoms with Crippen LogP contribution in [0.2, 0.25) is 0 Å². The number of hydrogen-bond acceptors (Lipinski definition) is 4. The summed E-state index contributed by atoms with van der Waals surface area (Å²) in [5, 5.41) is 7.34. The maximum Gasteiger partial charge on any atom is 0.191 e. The number of piperidine rings is 1. The summed E-state index contributed by atoms with van der Waals surface area (Å²) in [6.07, 6.45) is 4.47. The van der Waals surface area contributed by atoms with Crippen molar-refractivity contribution >= 4 is 5.96 Å². The minimum Gasteiger partial charge on any atom is -0.385 e. The first-order chi connectivity index (χ1) is 12.4. The number of guanidine groups is 1. The van der Waals surface area contributed by atoms with Crippen molar-refractivity contribution in [2.24, 2.45) is 10.4 Å². The average molecular weight is 369 g/mol. The van der Waals surface area contributed by atoms with Crippen molar-refractivity contribution in [2.75, 3.05) is 47.0 Å². The van der Waals surface area contributed by atoms with E-state index in [1.807, 2.05) is 7.11 Å².